The fraction of sp³-hybridized carbons (Fsp3) is 0.316. The van der Waals surface area contributed by atoms with Crippen LogP contribution in [0.3, 0.4) is 0 Å². The summed E-state index contributed by atoms with van der Waals surface area (Å²) < 4.78 is 5.12. The molecule has 0 unspecified atom stereocenters. The number of aliphatic imine (C=N–C) groups is 1. The summed E-state index contributed by atoms with van der Waals surface area (Å²) in [6.07, 6.45) is 0. The van der Waals surface area contributed by atoms with Crippen LogP contribution in [0, 0.1) is 0 Å². The first kappa shape index (κ1) is 21.8. The van der Waals surface area contributed by atoms with Crippen LogP contribution in [-0.2, 0) is 17.9 Å². The molecule has 0 spiro atoms. The summed E-state index contributed by atoms with van der Waals surface area (Å²) in [4.78, 5) is 5.55. The average molecular weight is 471 g/mol. The number of hydrogen-bond donors (Lipinski definition) is 2. The monoisotopic (exact) mass is 471 g/mol. The number of guanidine groups is 1. The van der Waals surface area contributed by atoms with Crippen molar-refractivity contribution in [2.24, 2.45) is 4.99 Å². The molecule has 2 aromatic carbocycles. The molecular formula is C19H26IN3OS. The number of thioether (sulfide) groups is 1. The summed E-state index contributed by atoms with van der Waals surface area (Å²) in [5.74, 6) is 1.82. The molecule has 0 heterocycles. The van der Waals surface area contributed by atoms with Gasteiger partial charge in [0, 0.05) is 37.9 Å². The molecule has 0 atom stereocenters. The van der Waals surface area contributed by atoms with Gasteiger partial charge in [0.15, 0.2) is 5.96 Å². The first-order valence-electron chi connectivity index (χ1n) is 8.01. The van der Waals surface area contributed by atoms with E-state index in [0.29, 0.717) is 6.61 Å². The van der Waals surface area contributed by atoms with Gasteiger partial charge in [-0.05, 0) is 23.3 Å². The quantitative estimate of drug-likeness (QED) is 0.202. The summed E-state index contributed by atoms with van der Waals surface area (Å²) in [5.41, 5.74) is 2.40. The number of halogens is 1. The third-order valence-corrected chi connectivity index (χ3v) is 4.44. The van der Waals surface area contributed by atoms with Gasteiger partial charge in [0.05, 0.1) is 6.61 Å². The van der Waals surface area contributed by atoms with Crippen LogP contribution in [0.4, 0.5) is 0 Å². The third-order valence-electron chi connectivity index (χ3n) is 3.42. The third kappa shape index (κ3) is 8.60. The van der Waals surface area contributed by atoms with E-state index >= 15 is 0 Å². The van der Waals surface area contributed by atoms with Crippen LogP contribution in [0.25, 0.3) is 0 Å². The Morgan fingerprint density at radius 1 is 1.00 bits per heavy atom. The molecule has 2 N–H and O–H groups in total. The Balaban J connectivity index is 0.00000312. The van der Waals surface area contributed by atoms with E-state index in [9.17, 15) is 0 Å². The molecule has 4 nitrogen and oxygen atoms in total. The van der Waals surface area contributed by atoms with Gasteiger partial charge < -0.3 is 15.4 Å². The molecule has 0 amide bonds. The van der Waals surface area contributed by atoms with Crippen LogP contribution in [-0.4, -0.2) is 32.4 Å². The number of nitrogens with zero attached hydrogens (tertiary/aromatic N) is 1. The lowest BCUT2D eigenvalue weighted by atomic mass is 10.1. The number of ether oxygens (including phenoxy) is 1. The van der Waals surface area contributed by atoms with Crippen LogP contribution in [0.2, 0.25) is 0 Å². The number of rotatable bonds is 8. The lowest BCUT2D eigenvalue weighted by Crippen LogP contribution is -2.37. The van der Waals surface area contributed by atoms with Gasteiger partial charge in [0.2, 0.25) is 0 Å². The Morgan fingerprint density at radius 2 is 1.68 bits per heavy atom. The molecule has 0 bridgehead atoms. The molecule has 2 rings (SSSR count). The first-order valence-corrected chi connectivity index (χ1v) is 8.99. The van der Waals surface area contributed by atoms with Crippen molar-refractivity contribution in [3.05, 3.63) is 65.7 Å². The molecule has 0 aliphatic rings. The predicted molar refractivity (Wildman–Crippen MR) is 118 cm³/mol. The van der Waals surface area contributed by atoms with Gasteiger partial charge in [-0.25, -0.2) is 0 Å². The van der Waals surface area contributed by atoms with Crippen molar-refractivity contribution >= 4 is 41.7 Å². The average Bonchev–Trinajstić information content (AvgIpc) is 2.63. The van der Waals surface area contributed by atoms with Gasteiger partial charge >= 0.3 is 0 Å². The van der Waals surface area contributed by atoms with Crippen LogP contribution in [0.1, 0.15) is 11.1 Å². The standard InChI is InChI=1S/C19H25N3OS.HI/c1-20-19(21-12-13-24-18-6-4-3-5-7-18)22-14-16-8-10-17(11-9-16)15-23-2;/h3-11H,12-15H2,1-2H3,(H2,20,21,22);1H. The van der Waals surface area contributed by atoms with Crippen molar-refractivity contribution in [2.45, 2.75) is 18.0 Å². The highest BCUT2D eigenvalue weighted by Gasteiger charge is 1.99. The highest BCUT2D eigenvalue weighted by Crippen LogP contribution is 2.15. The zero-order valence-electron chi connectivity index (χ0n) is 14.7. The Hall–Kier alpha value is -1.25. The largest absolute Gasteiger partial charge is 0.380 e. The van der Waals surface area contributed by atoms with Crippen LogP contribution in [0.15, 0.2) is 64.5 Å². The Labute approximate surface area is 171 Å². The normalized spacial score (nSPS) is 10.9. The molecule has 0 saturated carbocycles. The van der Waals surface area contributed by atoms with Crippen molar-refractivity contribution in [3.63, 3.8) is 0 Å². The van der Waals surface area contributed by atoms with Gasteiger partial charge in [0.1, 0.15) is 0 Å². The Morgan fingerprint density at radius 3 is 2.32 bits per heavy atom. The second-order valence-electron chi connectivity index (χ2n) is 5.26. The van der Waals surface area contributed by atoms with Crippen molar-refractivity contribution in [1.82, 2.24) is 10.6 Å². The van der Waals surface area contributed by atoms with Crippen molar-refractivity contribution in [1.29, 1.82) is 0 Å². The molecule has 0 aliphatic carbocycles. The van der Waals surface area contributed by atoms with E-state index in [1.54, 1.807) is 14.2 Å². The molecule has 2 aromatic rings. The minimum Gasteiger partial charge on any atom is -0.380 e. The minimum atomic E-state index is 0. The fourth-order valence-corrected chi connectivity index (χ4v) is 2.97. The van der Waals surface area contributed by atoms with E-state index in [-0.39, 0.29) is 24.0 Å². The van der Waals surface area contributed by atoms with Gasteiger partial charge in [-0.15, -0.1) is 35.7 Å². The van der Waals surface area contributed by atoms with E-state index in [0.717, 1.165) is 24.8 Å². The van der Waals surface area contributed by atoms with Gasteiger partial charge in [-0.1, -0.05) is 42.5 Å². The Kier molecular flexibility index (Phi) is 11.3. The molecule has 0 fully saturated rings. The maximum absolute atomic E-state index is 5.12. The van der Waals surface area contributed by atoms with Gasteiger partial charge in [-0.3, -0.25) is 4.99 Å². The molecule has 0 saturated heterocycles. The van der Waals surface area contributed by atoms with Crippen LogP contribution in [0.5, 0.6) is 0 Å². The zero-order valence-corrected chi connectivity index (χ0v) is 17.8. The van der Waals surface area contributed by atoms with E-state index < -0.39 is 0 Å². The van der Waals surface area contributed by atoms with E-state index in [2.05, 4.69) is 64.2 Å². The van der Waals surface area contributed by atoms with Crippen LogP contribution < -0.4 is 10.6 Å². The molecule has 6 heteroatoms. The summed E-state index contributed by atoms with van der Waals surface area (Å²) in [6, 6.07) is 18.8. The molecule has 0 aliphatic heterocycles. The van der Waals surface area contributed by atoms with Gasteiger partial charge in [0.25, 0.3) is 0 Å². The molecule has 0 radical (unpaired) electrons. The smallest absolute Gasteiger partial charge is 0.191 e. The summed E-state index contributed by atoms with van der Waals surface area (Å²) in [6.45, 7) is 2.26. The van der Waals surface area contributed by atoms with Gasteiger partial charge in [-0.2, -0.15) is 0 Å². The van der Waals surface area contributed by atoms with Crippen LogP contribution >= 0.6 is 35.7 Å². The highest BCUT2D eigenvalue weighted by atomic mass is 127. The topological polar surface area (TPSA) is 45.7 Å². The Bertz CT molecular complexity index is 620. The molecule has 136 valence electrons. The number of benzene rings is 2. The van der Waals surface area contributed by atoms with E-state index in [4.69, 9.17) is 4.74 Å². The number of methoxy groups -OCH3 is 1. The predicted octanol–water partition coefficient (Wildman–Crippen LogP) is 3.91. The lowest BCUT2D eigenvalue weighted by Gasteiger charge is -2.12. The number of nitrogens with one attached hydrogen (secondary N) is 2. The highest BCUT2D eigenvalue weighted by molar-refractivity contribution is 14.0. The fourth-order valence-electron chi connectivity index (χ4n) is 2.18. The van der Waals surface area contributed by atoms with Crippen molar-refractivity contribution < 1.29 is 4.74 Å². The summed E-state index contributed by atoms with van der Waals surface area (Å²) in [7, 11) is 3.50. The summed E-state index contributed by atoms with van der Waals surface area (Å²) >= 11 is 1.84. The maximum atomic E-state index is 5.12. The summed E-state index contributed by atoms with van der Waals surface area (Å²) in [5, 5.41) is 6.67. The molecular weight excluding hydrogens is 445 g/mol. The van der Waals surface area contributed by atoms with Crippen molar-refractivity contribution in [3.8, 4) is 0 Å². The zero-order chi connectivity index (χ0) is 17.0. The first-order chi connectivity index (χ1) is 11.8. The molecule has 25 heavy (non-hydrogen) atoms. The number of hydrogen-bond acceptors (Lipinski definition) is 3. The maximum Gasteiger partial charge on any atom is 0.191 e. The van der Waals surface area contributed by atoms with E-state index in [1.807, 2.05) is 17.8 Å². The van der Waals surface area contributed by atoms with Crippen molar-refractivity contribution in [2.75, 3.05) is 26.5 Å². The SMILES string of the molecule is CN=C(NCCSc1ccccc1)NCc1ccc(COC)cc1.I. The second kappa shape index (κ2) is 13.0. The minimum absolute atomic E-state index is 0. The second-order valence-corrected chi connectivity index (χ2v) is 6.43. The molecule has 0 aromatic heterocycles. The lowest BCUT2D eigenvalue weighted by molar-refractivity contribution is 0.185. The van der Waals surface area contributed by atoms with E-state index in [1.165, 1.54) is 16.0 Å².